The van der Waals surface area contributed by atoms with Gasteiger partial charge in [0.2, 0.25) is 5.82 Å². The summed E-state index contributed by atoms with van der Waals surface area (Å²) in [5, 5.41) is 6.54. The van der Waals surface area contributed by atoms with E-state index in [0.29, 0.717) is 4.68 Å². The van der Waals surface area contributed by atoms with Crippen molar-refractivity contribution in [1.29, 1.82) is 0 Å². The lowest BCUT2D eigenvalue weighted by Crippen LogP contribution is -2.44. The second-order valence-corrected chi connectivity index (χ2v) is 10.2. The van der Waals surface area contributed by atoms with Gasteiger partial charge in [-0.1, -0.05) is 54.6 Å². The molecule has 4 atom stereocenters. The molecule has 0 amide bonds. The van der Waals surface area contributed by atoms with E-state index in [-0.39, 0.29) is 23.3 Å². The SMILES string of the molecule is CCOC(=O)CNc1nn([C@@H]2O[C@@H](COC(=O)c3ccccc3)[C@@H](OC(=O)c3ccccc3)[C@@H]2OC(=O)c2ccccc2)c(=O)[nH]c1=O. The molecular weight excluding hydrogens is 628 g/mol. The van der Waals surface area contributed by atoms with Crippen LogP contribution >= 0.6 is 0 Å². The summed E-state index contributed by atoms with van der Waals surface area (Å²) in [6, 6.07) is 23.9. The van der Waals surface area contributed by atoms with E-state index in [4.69, 9.17) is 23.7 Å². The molecule has 1 aliphatic rings. The number of H-pyrrole nitrogens is 1. The van der Waals surface area contributed by atoms with Crippen LogP contribution in [0.3, 0.4) is 0 Å². The third kappa shape index (κ3) is 8.00. The second kappa shape index (κ2) is 15.5. The van der Waals surface area contributed by atoms with E-state index < -0.39 is 78.6 Å². The Hall–Kier alpha value is -6.09. The molecule has 4 aromatic rings. The molecule has 248 valence electrons. The first-order chi connectivity index (χ1) is 23.2. The third-order valence-electron chi connectivity index (χ3n) is 6.98. The molecule has 5 rings (SSSR count). The van der Waals surface area contributed by atoms with Crippen molar-refractivity contribution in [3.63, 3.8) is 0 Å². The van der Waals surface area contributed by atoms with E-state index in [1.807, 2.05) is 0 Å². The number of nitrogens with one attached hydrogen (secondary N) is 2. The highest BCUT2D eigenvalue weighted by Crippen LogP contribution is 2.34. The standard InChI is InChI=1S/C33H30N4O11/c1-2-44-24(38)18-34-27-28(39)35-33(43)37(36-27)29-26(48-32(42)22-16-10-5-11-17-22)25(47-31(41)21-14-8-4-9-15-21)23(46-29)19-45-30(40)20-12-6-3-7-13-20/h3-17,23,25-26,29H,2,18-19H2,1H3,(H,34,36)(H,35,39,43)/t23-,25+,26-,29+/m0/s1. The van der Waals surface area contributed by atoms with E-state index in [2.05, 4.69) is 15.4 Å². The van der Waals surface area contributed by atoms with Gasteiger partial charge in [-0.15, -0.1) is 5.10 Å². The molecule has 15 nitrogen and oxygen atoms in total. The van der Waals surface area contributed by atoms with E-state index in [9.17, 15) is 28.8 Å². The van der Waals surface area contributed by atoms with Crippen LogP contribution < -0.4 is 16.6 Å². The molecule has 0 saturated carbocycles. The quantitative estimate of drug-likeness (QED) is 0.166. The Balaban J connectivity index is 1.53. The summed E-state index contributed by atoms with van der Waals surface area (Å²) in [6.45, 7) is 0.720. The maximum absolute atomic E-state index is 13.3. The second-order valence-electron chi connectivity index (χ2n) is 10.2. The summed E-state index contributed by atoms with van der Waals surface area (Å²) in [7, 11) is 0. The Labute approximate surface area is 272 Å². The minimum absolute atomic E-state index is 0.0908. The number of nitrogens with zero attached hydrogens (tertiary/aromatic N) is 2. The molecule has 1 saturated heterocycles. The fourth-order valence-corrected chi connectivity index (χ4v) is 4.72. The van der Waals surface area contributed by atoms with Crippen LogP contribution in [0, 0.1) is 0 Å². The number of benzene rings is 3. The average molecular weight is 659 g/mol. The molecule has 1 aromatic heterocycles. The maximum Gasteiger partial charge on any atom is 0.347 e. The normalized spacial score (nSPS) is 18.4. The number of carbonyl (C=O) groups excluding carboxylic acids is 4. The highest BCUT2D eigenvalue weighted by Gasteiger charge is 2.52. The monoisotopic (exact) mass is 658 g/mol. The van der Waals surface area contributed by atoms with Crippen LogP contribution in [-0.4, -0.2) is 76.7 Å². The van der Waals surface area contributed by atoms with E-state index in [1.54, 1.807) is 61.5 Å². The van der Waals surface area contributed by atoms with Gasteiger partial charge in [0.1, 0.15) is 19.3 Å². The topological polar surface area (TPSA) is 194 Å². The van der Waals surface area contributed by atoms with Crippen LogP contribution in [0.2, 0.25) is 0 Å². The summed E-state index contributed by atoms with van der Waals surface area (Å²) in [5.41, 5.74) is -1.53. The first-order valence-corrected chi connectivity index (χ1v) is 14.8. The largest absolute Gasteiger partial charge is 0.465 e. The molecule has 48 heavy (non-hydrogen) atoms. The number of aromatic nitrogens is 3. The van der Waals surface area contributed by atoms with Crippen LogP contribution in [0.1, 0.15) is 44.2 Å². The number of hydrogen-bond donors (Lipinski definition) is 2. The predicted molar refractivity (Wildman–Crippen MR) is 166 cm³/mol. The predicted octanol–water partition coefficient (Wildman–Crippen LogP) is 2.11. The lowest BCUT2D eigenvalue weighted by molar-refractivity contribution is -0.140. The summed E-state index contributed by atoms with van der Waals surface area (Å²) in [6.07, 6.45) is -5.96. The zero-order valence-corrected chi connectivity index (χ0v) is 25.5. The molecule has 3 aromatic carbocycles. The minimum atomic E-state index is -1.63. The summed E-state index contributed by atoms with van der Waals surface area (Å²) >= 11 is 0. The van der Waals surface area contributed by atoms with Gasteiger partial charge in [0.25, 0.3) is 5.56 Å². The van der Waals surface area contributed by atoms with Crippen molar-refractivity contribution in [3.05, 3.63) is 129 Å². The zero-order valence-electron chi connectivity index (χ0n) is 25.5. The number of ether oxygens (including phenoxy) is 5. The van der Waals surface area contributed by atoms with Crippen molar-refractivity contribution in [3.8, 4) is 0 Å². The molecule has 0 spiro atoms. The number of esters is 4. The van der Waals surface area contributed by atoms with E-state index in [0.717, 1.165) is 0 Å². The van der Waals surface area contributed by atoms with Gasteiger partial charge in [-0.05, 0) is 43.3 Å². The Morgan fingerprint density at radius 2 is 1.29 bits per heavy atom. The van der Waals surface area contributed by atoms with Gasteiger partial charge in [-0.3, -0.25) is 14.6 Å². The number of carbonyl (C=O) groups is 4. The zero-order chi connectivity index (χ0) is 34.0. The highest BCUT2D eigenvalue weighted by molar-refractivity contribution is 5.91. The number of hydrogen-bond acceptors (Lipinski definition) is 13. The average Bonchev–Trinajstić information content (AvgIpc) is 3.43. The molecule has 0 aliphatic carbocycles. The van der Waals surface area contributed by atoms with Gasteiger partial charge < -0.3 is 29.0 Å². The van der Waals surface area contributed by atoms with Gasteiger partial charge in [0.05, 0.1) is 23.3 Å². The van der Waals surface area contributed by atoms with Gasteiger partial charge in [-0.25, -0.2) is 19.2 Å². The molecular formula is C33H30N4O11. The van der Waals surface area contributed by atoms with Crippen LogP contribution in [0.15, 0.2) is 101 Å². The lowest BCUT2D eigenvalue weighted by atomic mass is 10.1. The Bertz CT molecular complexity index is 1860. The van der Waals surface area contributed by atoms with Crippen molar-refractivity contribution in [1.82, 2.24) is 14.8 Å². The lowest BCUT2D eigenvalue weighted by Gasteiger charge is -2.24. The summed E-state index contributed by atoms with van der Waals surface area (Å²) in [4.78, 5) is 79.2. The molecule has 15 heteroatoms. The molecule has 2 heterocycles. The molecule has 0 unspecified atom stereocenters. The van der Waals surface area contributed by atoms with Gasteiger partial charge >= 0.3 is 29.6 Å². The molecule has 1 fully saturated rings. The van der Waals surface area contributed by atoms with Crippen LogP contribution in [-0.2, 0) is 28.5 Å². The van der Waals surface area contributed by atoms with Crippen LogP contribution in [0.5, 0.6) is 0 Å². The van der Waals surface area contributed by atoms with Gasteiger partial charge in [0, 0.05) is 0 Å². The van der Waals surface area contributed by atoms with Crippen molar-refractivity contribution in [2.24, 2.45) is 0 Å². The Kier molecular flexibility index (Phi) is 10.7. The summed E-state index contributed by atoms with van der Waals surface area (Å²) < 4.78 is 28.8. The van der Waals surface area contributed by atoms with Crippen molar-refractivity contribution < 1.29 is 42.9 Å². The van der Waals surface area contributed by atoms with E-state index in [1.165, 1.54) is 36.4 Å². The third-order valence-corrected chi connectivity index (χ3v) is 6.98. The van der Waals surface area contributed by atoms with Gasteiger partial charge in [0.15, 0.2) is 18.4 Å². The van der Waals surface area contributed by atoms with Crippen molar-refractivity contribution >= 4 is 29.7 Å². The smallest absolute Gasteiger partial charge is 0.347 e. The van der Waals surface area contributed by atoms with Crippen LogP contribution in [0.25, 0.3) is 0 Å². The van der Waals surface area contributed by atoms with E-state index >= 15 is 0 Å². The Morgan fingerprint density at radius 1 is 0.771 bits per heavy atom. The number of anilines is 1. The molecule has 0 bridgehead atoms. The van der Waals surface area contributed by atoms with Gasteiger partial charge in [-0.2, -0.15) is 4.68 Å². The Morgan fingerprint density at radius 3 is 1.83 bits per heavy atom. The molecule has 2 N–H and O–H groups in total. The number of rotatable bonds is 12. The van der Waals surface area contributed by atoms with Crippen LogP contribution in [0.4, 0.5) is 5.82 Å². The van der Waals surface area contributed by atoms with Crippen molar-refractivity contribution in [2.45, 2.75) is 31.5 Å². The number of aromatic amines is 1. The molecule has 1 aliphatic heterocycles. The maximum atomic E-state index is 13.3. The fraction of sp³-hybridized carbons (Fsp3) is 0.242. The minimum Gasteiger partial charge on any atom is -0.465 e. The summed E-state index contributed by atoms with van der Waals surface area (Å²) in [5.74, 6) is -3.58. The first kappa shape index (κ1) is 33.3. The first-order valence-electron chi connectivity index (χ1n) is 14.8. The van der Waals surface area contributed by atoms with Crippen molar-refractivity contribution in [2.75, 3.05) is 25.1 Å². The fourth-order valence-electron chi connectivity index (χ4n) is 4.72. The molecule has 0 radical (unpaired) electrons. The highest BCUT2D eigenvalue weighted by atomic mass is 16.7.